The van der Waals surface area contributed by atoms with Crippen molar-refractivity contribution in [1.29, 1.82) is 0 Å². The molecule has 6 heteroatoms. The smallest absolute Gasteiger partial charge is 0.254 e. The zero-order chi connectivity index (χ0) is 25.8. The number of rotatable bonds is 8. The molecule has 1 N–H and O–H groups in total. The lowest BCUT2D eigenvalue weighted by molar-refractivity contribution is -0.124. The maximum absolute atomic E-state index is 14.0. The predicted molar refractivity (Wildman–Crippen MR) is 143 cm³/mol. The van der Waals surface area contributed by atoms with E-state index in [0.29, 0.717) is 23.6 Å². The van der Waals surface area contributed by atoms with Crippen LogP contribution in [0.5, 0.6) is 11.5 Å². The Labute approximate surface area is 218 Å². The summed E-state index contributed by atoms with van der Waals surface area (Å²) in [7, 11) is 3.23. The van der Waals surface area contributed by atoms with Gasteiger partial charge in [0.2, 0.25) is 5.91 Å². The second-order valence-corrected chi connectivity index (χ2v) is 9.83. The van der Waals surface area contributed by atoms with Crippen molar-refractivity contribution in [2.24, 2.45) is 0 Å². The molecule has 0 spiro atoms. The first-order valence-corrected chi connectivity index (χ1v) is 13.1. The molecular weight excluding hydrogens is 464 g/mol. The van der Waals surface area contributed by atoms with Gasteiger partial charge in [0.1, 0.15) is 11.5 Å². The monoisotopic (exact) mass is 498 g/mol. The molecule has 0 saturated heterocycles. The maximum Gasteiger partial charge on any atom is 0.254 e. The molecule has 1 heterocycles. The summed E-state index contributed by atoms with van der Waals surface area (Å²) in [5.74, 6) is 0.626. The van der Waals surface area contributed by atoms with Gasteiger partial charge >= 0.3 is 0 Å². The van der Waals surface area contributed by atoms with E-state index in [0.717, 1.165) is 43.2 Å². The second kappa shape index (κ2) is 11.1. The highest BCUT2D eigenvalue weighted by Crippen LogP contribution is 2.47. The van der Waals surface area contributed by atoms with Gasteiger partial charge in [-0.25, -0.2) is 0 Å². The molecule has 1 fully saturated rings. The van der Waals surface area contributed by atoms with Gasteiger partial charge < -0.3 is 19.7 Å². The number of nitrogens with zero attached hydrogens (tertiary/aromatic N) is 1. The van der Waals surface area contributed by atoms with Crippen LogP contribution in [0.1, 0.15) is 64.7 Å². The van der Waals surface area contributed by atoms with Gasteiger partial charge in [0.15, 0.2) is 0 Å². The fourth-order valence-corrected chi connectivity index (χ4v) is 5.86. The lowest BCUT2D eigenvalue weighted by atomic mass is 9.78. The lowest BCUT2D eigenvalue weighted by Gasteiger charge is -2.45. The Morgan fingerprint density at radius 1 is 0.919 bits per heavy atom. The van der Waals surface area contributed by atoms with Crippen molar-refractivity contribution in [2.45, 2.75) is 50.1 Å². The molecule has 0 radical (unpaired) electrons. The zero-order valence-electron chi connectivity index (χ0n) is 21.5. The third-order valence-electron chi connectivity index (χ3n) is 7.65. The van der Waals surface area contributed by atoms with Gasteiger partial charge in [-0.2, -0.15) is 0 Å². The summed E-state index contributed by atoms with van der Waals surface area (Å²) in [4.78, 5) is 30.0. The predicted octanol–water partition coefficient (Wildman–Crippen LogP) is 5.29. The van der Waals surface area contributed by atoms with E-state index in [1.54, 1.807) is 14.2 Å². The van der Waals surface area contributed by atoms with Crippen molar-refractivity contribution in [3.63, 3.8) is 0 Å². The number of ether oxygens (including phenoxy) is 2. The molecule has 2 aliphatic rings. The molecule has 1 aliphatic carbocycles. The Morgan fingerprint density at radius 3 is 2.24 bits per heavy atom. The molecule has 2 atom stereocenters. The molecule has 6 nitrogen and oxygen atoms in total. The molecule has 3 aromatic carbocycles. The summed E-state index contributed by atoms with van der Waals surface area (Å²) in [6.45, 7) is 0.521. The fourth-order valence-electron chi connectivity index (χ4n) is 5.86. The number of hydrogen-bond acceptors (Lipinski definition) is 4. The largest absolute Gasteiger partial charge is 0.497 e. The molecular formula is C31H34N2O4. The summed E-state index contributed by atoms with van der Waals surface area (Å²) in [5, 5.41) is 3.19. The van der Waals surface area contributed by atoms with Crippen molar-refractivity contribution in [1.82, 2.24) is 10.2 Å². The number of nitrogens with one attached hydrogen (secondary N) is 1. The SMILES string of the molecule is COc1cc(OC)cc([C@H]2[C@H](C(=O)NCCc3ccccc3)c3ccccc3C(=O)N2C2CCCC2)c1. The Balaban J connectivity index is 1.57. The first-order chi connectivity index (χ1) is 18.1. The number of methoxy groups -OCH3 is 2. The fraction of sp³-hybridized carbons (Fsp3) is 0.355. The van der Waals surface area contributed by atoms with Crippen LogP contribution in [0.25, 0.3) is 0 Å². The van der Waals surface area contributed by atoms with Crippen LogP contribution in [0.3, 0.4) is 0 Å². The highest BCUT2D eigenvalue weighted by Gasteiger charge is 2.47. The van der Waals surface area contributed by atoms with Gasteiger partial charge in [-0.05, 0) is 54.2 Å². The van der Waals surface area contributed by atoms with Gasteiger partial charge in [-0.3, -0.25) is 9.59 Å². The quantitative estimate of drug-likeness (QED) is 0.459. The number of carbonyl (C=O) groups is 2. The van der Waals surface area contributed by atoms with Crippen molar-refractivity contribution in [2.75, 3.05) is 20.8 Å². The third-order valence-corrected chi connectivity index (χ3v) is 7.65. The van der Waals surface area contributed by atoms with E-state index in [1.165, 1.54) is 5.56 Å². The molecule has 0 unspecified atom stereocenters. The average molecular weight is 499 g/mol. The summed E-state index contributed by atoms with van der Waals surface area (Å²) in [6, 6.07) is 23.0. The summed E-state index contributed by atoms with van der Waals surface area (Å²) < 4.78 is 11.1. The van der Waals surface area contributed by atoms with E-state index < -0.39 is 12.0 Å². The second-order valence-electron chi connectivity index (χ2n) is 9.83. The van der Waals surface area contributed by atoms with E-state index in [2.05, 4.69) is 17.4 Å². The normalized spacial score (nSPS) is 19.4. The number of fused-ring (bicyclic) bond motifs is 1. The highest BCUT2D eigenvalue weighted by atomic mass is 16.5. The van der Waals surface area contributed by atoms with E-state index in [4.69, 9.17) is 9.47 Å². The molecule has 192 valence electrons. The van der Waals surface area contributed by atoms with Gasteiger partial charge in [0, 0.05) is 24.2 Å². The van der Waals surface area contributed by atoms with Gasteiger partial charge in [0.05, 0.1) is 26.2 Å². The Kier molecular flexibility index (Phi) is 7.45. The molecule has 3 aromatic rings. The van der Waals surface area contributed by atoms with Crippen molar-refractivity contribution < 1.29 is 19.1 Å². The van der Waals surface area contributed by atoms with E-state index in [9.17, 15) is 9.59 Å². The number of carbonyl (C=O) groups excluding carboxylic acids is 2. The minimum Gasteiger partial charge on any atom is -0.497 e. The van der Waals surface area contributed by atoms with Gasteiger partial charge in [0.25, 0.3) is 5.91 Å². The van der Waals surface area contributed by atoms with Crippen LogP contribution in [-0.4, -0.2) is 43.5 Å². The molecule has 2 amide bonds. The number of amides is 2. The topological polar surface area (TPSA) is 67.9 Å². The van der Waals surface area contributed by atoms with Crippen LogP contribution < -0.4 is 14.8 Å². The van der Waals surface area contributed by atoms with Crippen molar-refractivity contribution in [3.8, 4) is 11.5 Å². The Bertz CT molecular complexity index is 1230. The van der Waals surface area contributed by atoms with Crippen LogP contribution in [0.2, 0.25) is 0 Å². The van der Waals surface area contributed by atoms with E-state index >= 15 is 0 Å². The van der Waals surface area contributed by atoms with Crippen LogP contribution in [0, 0.1) is 0 Å². The highest BCUT2D eigenvalue weighted by molar-refractivity contribution is 6.01. The van der Waals surface area contributed by atoms with Crippen LogP contribution in [0.4, 0.5) is 0 Å². The van der Waals surface area contributed by atoms with E-state index in [1.807, 2.05) is 65.6 Å². The van der Waals surface area contributed by atoms with Crippen LogP contribution in [-0.2, 0) is 11.2 Å². The van der Waals surface area contributed by atoms with Crippen LogP contribution in [0.15, 0.2) is 72.8 Å². The summed E-state index contributed by atoms with van der Waals surface area (Å²) in [6.07, 6.45) is 4.78. The number of hydrogen-bond donors (Lipinski definition) is 1. The summed E-state index contributed by atoms with van der Waals surface area (Å²) >= 11 is 0. The first-order valence-electron chi connectivity index (χ1n) is 13.1. The van der Waals surface area contributed by atoms with Crippen molar-refractivity contribution in [3.05, 3.63) is 95.1 Å². The molecule has 1 saturated carbocycles. The third kappa shape index (κ3) is 5.06. The molecule has 1 aliphatic heterocycles. The van der Waals surface area contributed by atoms with E-state index in [-0.39, 0.29) is 17.9 Å². The Hall–Kier alpha value is -3.80. The van der Waals surface area contributed by atoms with Crippen LogP contribution >= 0.6 is 0 Å². The first kappa shape index (κ1) is 24.9. The standard InChI is InChI=1S/C31H34N2O4/c1-36-24-18-22(19-25(20-24)37-2)29-28(30(34)32-17-16-21-10-4-3-5-11-21)26-14-8-9-15-27(26)31(35)33(29)23-12-6-7-13-23/h3-5,8-11,14-15,18-20,23,28-29H,6-7,12-13,16-17H2,1-2H3,(H,32,34)/t28-,29+/m1/s1. The summed E-state index contributed by atoms with van der Waals surface area (Å²) in [5.41, 5.74) is 3.40. The van der Waals surface area contributed by atoms with Crippen molar-refractivity contribution >= 4 is 11.8 Å². The molecule has 5 rings (SSSR count). The van der Waals surface area contributed by atoms with Gasteiger partial charge in [-0.1, -0.05) is 61.4 Å². The zero-order valence-corrected chi connectivity index (χ0v) is 21.5. The minimum atomic E-state index is -0.554. The maximum atomic E-state index is 14.0. The minimum absolute atomic E-state index is 0.0115. The molecule has 0 aromatic heterocycles. The molecule has 0 bridgehead atoms. The Morgan fingerprint density at radius 2 is 1.57 bits per heavy atom. The lowest BCUT2D eigenvalue weighted by Crippen LogP contribution is -2.51. The molecule has 37 heavy (non-hydrogen) atoms. The van der Waals surface area contributed by atoms with Gasteiger partial charge in [-0.15, -0.1) is 0 Å². The number of benzene rings is 3. The average Bonchev–Trinajstić information content (AvgIpc) is 3.47.